The van der Waals surface area contributed by atoms with Crippen LogP contribution >= 0.6 is 0 Å². The Morgan fingerprint density at radius 3 is 1.79 bits per heavy atom. The van der Waals surface area contributed by atoms with E-state index in [1.807, 2.05) is 30.3 Å². The highest BCUT2D eigenvalue weighted by Crippen LogP contribution is 2.39. The third-order valence-corrected chi connectivity index (χ3v) is 8.69. The number of nitrogens with one attached hydrogen (secondary N) is 2. The van der Waals surface area contributed by atoms with Crippen molar-refractivity contribution in [3.8, 4) is 5.69 Å². The second kappa shape index (κ2) is 9.07. The van der Waals surface area contributed by atoms with Crippen LogP contribution in [0.25, 0.3) is 65.6 Å². The number of anilines is 1. The number of fused-ring (bicyclic) bond motifs is 11. The monoisotopic (exact) mass is 550 g/mol. The molecule has 0 saturated heterocycles. The molecular weight excluding hydrogens is 524 g/mol. The van der Waals surface area contributed by atoms with E-state index in [1.165, 1.54) is 59.9 Å². The van der Waals surface area contributed by atoms with Crippen molar-refractivity contribution in [3.05, 3.63) is 151 Å². The van der Waals surface area contributed by atoms with Crippen molar-refractivity contribution < 1.29 is 0 Å². The maximum atomic E-state index is 8.48. The normalized spacial score (nSPS) is 11.8. The van der Waals surface area contributed by atoms with Gasteiger partial charge in [0.2, 0.25) is 0 Å². The molecule has 0 fully saturated rings. The summed E-state index contributed by atoms with van der Waals surface area (Å²) in [5.74, 6) is 0.383. The fourth-order valence-corrected chi connectivity index (χ4v) is 6.76. The van der Waals surface area contributed by atoms with Gasteiger partial charge in [0.25, 0.3) is 0 Å². The van der Waals surface area contributed by atoms with Gasteiger partial charge in [-0.15, -0.1) is 0 Å². The zero-order chi connectivity index (χ0) is 28.5. The maximum absolute atomic E-state index is 8.48. The van der Waals surface area contributed by atoms with Crippen molar-refractivity contribution in [3.63, 3.8) is 0 Å². The lowest BCUT2D eigenvalue weighted by atomic mass is 10.1. The molecule has 2 N–H and O–H groups in total. The molecule has 9 rings (SSSR count). The lowest BCUT2D eigenvalue weighted by Crippen LogP contribution is -2.11. The first kappa shape index (κ1) is 23.8. The van der Waals surface area contributed by atoms with Crippen LogP contribution in [0.4, 0.5) is 5.69 Å². The molecule has 0 aliphatic rings. The summed E-state index contributed by atoms with van der Waals surface area (Å²) in [4.78, 5) is 0. The van der Waals surface area contributed by atoms with Crippen LogP contribution in [0.5, 0.6) is 0 Å². The second-order valence-electron chi connectivity index (χ2n) is 11.1. The van der Waals surface area contributed by atoms with E-state index in [0.717, 1.165) is 16.9 Å². The van der Waals surface area contributed by atoms with Crippen LogP contribution in [0.1, 0.15) is 5.56 Å². The molecule has 3 aromatic heterocycles. The van der Waals surface area contributed by atoms with Gasteiger partial charge in [-0.2, -0.15) is 0 Å². The summed E-state index contributed by atoms with van der Waals surface area (Å²) in [6, 6.07) is 51.3. The molecule has 0 aliphatic heterocycles. The first-order valence-electron chi connectivity index (χ1n) is 14.5. The number of hydrogen-bond acceptors (Lipinski definition) is 1. The van der Waals surface area contributed by atoms with Crippen molar-refractivity contribution in [2.45, 2.75) is 0 Å². The molecule has 202 valence electrons. The minimum atomic E-state index is 0.383. The van der Waals surface area contributed by atoms with Gasteiger partial charge >= 0.3 is 0 Å². The van der Waals surface area contributed by atoms with E-state index in [2.05, 4.69) is 130 Å². The average Bonchev–Trinajstić information content (AvgIpc) is 3.60. The van der Waals surface area contributed by atoms with Gasteiger partial charge in [0.1, 0.15) is 5.84 Å². The predicted molar refractivity (Wildman–Crippen MR) is 181 cm³/mol. The Hall–Kier alpha value is -5.87. The highest BCUT2D eigenvalue weighted by Gasteiger charge is 2.17. The van der Waals surface area contributed by atoms with Crippen molar-refractivity contribution >= 4 is 71.4 Å². The maximum Gasteiger partial charge on any atom is 0.129 e. The number of aromatic nitrogens is 2. The van der Waals surface area contributed by atoms with Crippen LogP contribution in [0.2, 0.25) is 0 Å². The van der Waals surface area contributed by atoms with Gasteiger partial charge in [0, 0.05) is 43.9 Å². The van der Waals surface area contributed by atoms with Crippen LogP contribution in [0, 0.1) is 5.41 Å². The number of para-hydroxylation sites is 2. The third kappa shape index (κ3) is 3.53. The lowest BCUT2D eigenvalue weighted by Gasteiger charge is -2.11. The molecule has 4 nitrogen and oxygen atoms in total. The van der Waals surface area contributed by atoms with Crippen LogP contribution in [0.15, 0.2) is 146 Å². The molecule has 0 saturated carbocycles. The fraction of sp³-hybridized carbons (Fsp3) is 0. The minimum Gasteiger partial charge on any atom is -0.340 e. The number of pyridine rings is 1. The second-order valence-corrected chi connectivity index (χ2v) is 11.1. The molecule has 6 aromatic carbocycles. The average molecular weight is 551 g/mol. The molecule has 0 bridgehead atoms. The molecule has 4 heteroatoms. The zero-order valence-corrected chi connectivity index (χ0v) is 23.3. The molecule has 43 heavy (non-hydrogen) atoms. The van der Waals surface area contributed by atoms with Crippen molar-refractivity contribution in [1.82, 2.24) is 8.97 Å². The van der Waals surface area contributed by atoms with E-state index >= 15 is 0 Å². The Bertz CT molecular complexity index is 2530. The van der Waals surface area contributed by atoms with Gasteiger partial charge in [-0.1, -0.05) is 91.0 Å². The van der Waals surface area contributed by atoms with Crippen molar-refractivity contribution in [1.29, 1.82) is 5.41 Å². The third-order valence-electron chi connectivity index (χ3n) is 8.69. The summed E-state index contributed by atoms with van der Waals surface area (Å²) >= 11 is 0. The number of benzene rings is 6. The Morgan fingerprint density at radius 2 is 1.05 bits per heavy atom. The van der Waals surface area contributed by atoms with Gasteiger partial charge < -0.3 is 14.3 Å². The number of rotatable bonds is 3. The standard InChI is InChI=1S/C39H26N4/c40-39(25-10-2-1-3-11-25)41-27-18-20-28(21-19-27)42-34-16-8-7-15-32(34)33-24-36-26(23-38(33)42)22-37-31-14-5-4-12-29(31)30-13-6-9-17-35(30)43(36)37/h1-24H,(H2,40,41). The molecule has 0 atom stereocenters. The van der Waals surface area contributed by atoms with Gasteiger partial charge in [-0.3, -0.25) is 5.41 Å². The summed E-state index contributed by atoms with van der Waals surface area (Å²) in [7, 11) is 0. The van der Waals surface area contributed by atoms with Gasteiger partial charge in [-0.05, 0) is 60.0 Å². The van der Waals surface area contributed by atoms with E-state index in [-0.39, 0.29) is 0 Å². The molecule has 9 aromatic rings. The number of amidine groups is 1. The molecule has 0 unspecified atom stereocenters. The Kier molecular flexibility index (Phi) is 5.02. The van der Waals surface area contributed by atoms with Gasteiger partial charge in [0.15, 0.2) is 0 Å². The summed E-state index contributed by atoms with van der Waals surface area (Å²) in [5, 5.41) is 19.2. The van der Waals surface area contributed by atoms with Crippen molar-refractivity contribution in [2.24, 2.45) is 0 Å². The highest BCUT2D eigenvalue weighted by atomic mass is 15.0. The van der Waals surface area contributed by atoms with Gasteiger partial charge in [-0.25, -0.2) is 0 Å². The Balaban J connectivity index is 1.26. The topological polar surface area (TPSA) is 45.2 Å². The Morgan fingerprint density at radius 1 is 0.465 bits per heavy atom. The largest absolute Gasteiger partial charge is 0.340 e. The molecule has 0 radical (unpaired) electrons. The SMILES string of the molecule is N=C(Nc1ccc(-n2c3ccccc3c3cc4c(cc32)cc2c3ccccc3c3ccccc3n42)cc1)c1ccccc1. The number of hydrogen-bond donors (Lipinski definition) is 2. The van der Waals surface area contributed by atoms with Crippen LogP contribution in [-0.2, 0) is 0 Å². The quantitative estimate of drug-likeness (QED) is 0.128. The van der Waals surface area contributed by atoms with E-state index in [4.69, 9.17) is 5.41 Å². The molecule has 0 spiro atoms. The minimum absolute atomic E-state index is 0.383. The van der Waals surface area contributed by atoms with Crippen LogP contribution in [-0.4, -0.2) is 14.8 Å². The molecular formula is C39H26N4. The Labute approximate surface area is 247 Å². The molecule has 3 heterocycles. The zero-order valence-electron chi connectivity index (χ0n) is 23.3. The van der Waals surface area contributed by atoms with Crippen LogP contribution < -0.4 is 5.32 Å². The predicted octanol–water partition coefficient (Wildman–Crippen LogP) is 9.93. The van der Waals surface area contributed by atoms with E-state index in [9.17, 15) is 0 Å². The summed E-state index contributed by atoms with van der Waals surface area (Å²) in [6.07, 6.45) is 0. The van der Waals surface area contributed by atoms with Crippen molar-refractivity contribution in [2.75, 3.05) is 5.32 Å². The summed E-state index contributed by atoms with van der Waals surface area (Å²) in [5.41, 5.74) is 8.84. The molecule has 0 amide bonds. The van der Waals surface area contributed by atoms with E-state index < -0.39 is 0 Å². The highest BCUT2D eigenvalue weighted by molar-refractivity contribution is 6.19. The van der Waals surface area contributed by atoms with Crippen LogP contribution in [0.3, 0.4) is 0 Å². The summed E-state index contributed by atoms with van der Waals surface area (Å²) in [6.45, 7) is 0. The first-order chi connectivity index (χ1) is 21.2. The molecule has 0 aliphatic carbocycles. The van der Waals surface area contributed by atoms with E-state index in [0.29, 0.717) is 5.84 Å². The van der Waals surface area contributed by atoms with E-state index in [1.54, 1.807) is 0 Å². The number of nitrogens with zero attached hydrogens (tertiary/aromatic N) is 2. The first-order valence-corrected chi connectivity index (χ1v) is 14.5. The lowest BCUT2D eigenvalue weighted by molar-refractivity contribution is 1.18. The summed E-state index contributed by atoms with van der Waals surface area (Å²) < 4.78 is 4.79. The fourth-order valence-electron chi connectivity index (χ4n) is 6.76. The smallest absolute Gasteiger partial charge is 0.129 e. The van der Waals surface area contributed by atoms with Gasteiger partial charge in [0.05, 0.1) is 27.6 Å².